The predicted molar refractivity (Wildman–Crippen MR) is 74.7 cm³/mol. The van der Waals surface area contributed by atoms with Crippen molar-refractivity contribution in [1.82, 2.24) is 4.90 Å². The molecule has 0 fully saturated rings. The van der Waals surface area contributed by atoms with Crippen LogP contribution in [0.2, 0.25) is 0 Å². The Morgan fingerprint density at radius 1 is 1.00 bits per heavy atom. The first kappa shape index (κ1) is 13.9. The first-order valence-corrected chi connectivity index (χ1v) is 6.87. The molecule has 6 heteroatoms. The fourth-order valence-electron chi connectivity index (χ4n) is 2.26. The van der Waals surface area contributed by atoms with Gasteiger partial charge >= 0.3 is 0 Å². The van der Waals surface area contributed by atoms with Crippen molar-refractivity contribution in [2.24, 2.45) is 0 Å². The molecule has 0 atom stereocenters. The molecule has 0 bridgehead atoms. The van der Waals surface area contributed by atoms with Crippen LogP contribution >= 0.6 is 15.9 Å². The van der Waals surface area contributed by atoms with Gasteiger partial charge in [0, 0.05) is 10.0 Å². The summed E-state index contributed by atoms with van der Waals surface area (Å²) in [5.74, 6) is -2.64. The third-order valence-corrected chi connectivity index (χ3v) is 3.79. The SMILES string of the molecule is O=C1c2cccc(F)c2C(=O)N1Cc1ccc(Br)cc1F. The smallest absolute Gasteiger partial charge is 0.264 e. The van der Waals surface area contributed by atoms with Gasteiger partial charge in [0.25, 0.3) is 11.8 Å². The van der Waals surface area contributed by atoms with E-state index in [1.54, 1.807) is 6.07 Å². The summed E-state index contributed by atoms with van der Waals surface area (Å²) >= 11 is 3.13. The highest BCUT2D eigenvalue weighted by Gasteiger charge is 2.37. The van der Waals surface area contributed by atoms with Gasteiger partial charge in [-0.05, 0) is 24.3 Å². The Morgan fingerprint density at radius 2 is 1.76 bits per heavy atom. The lowest BCUT2D eigenvalue weighted by atomic mass is 10.1. The van der Waals surface area contributed by atoms with Crippen LogP contribution in [0.5, 0.6) is 0 Å². The first-order valence-electron chi connectivity index (χ1n) is 6.07. The minimum Gasteiger partial charge on any atom is -0.270 e. The summed E-state index contributed by atoms with van der Waals surface area (Å²) in [4.78, 5) is 25.1. The average Bonchev–Trinajstić information content (AvgIpc) is 2.68. The van der Waals surface area contributed by atoms with E-state index in [2.05, 4.69) is 15.9 Å². The van der Waals surface area contributed by atoms with Gasteiger partial charge in [-0.1, -0.05) is 28.1 Å². The Hall–Kier alpha value is -2.08. The van der Waals surface area contributed by atoms with Crippen molar-refractivity contribution in [2.45, 2.75) is 6.54 Å². The summed E-state index contributed by atoms with van der Waals surface area (Å²) in [5, 5.41) is 0. The highest BCUT2D eigenvalue weighted by atomic mass is 79.9. The Morgan fingerprint density at radius 3 is 2.43 bits per heavy atom. The van der Waals surface area contributed by atoms with Gasteiger partial charge in [0.2, 0.25) is 0 Å². The van der Waals surface area contributed by atoms with Crippen LogP contribution in [0.1, 0.15) is 26.3 Å². The van der Waals surface area contributed by atoms with E-state index in [-0.39, 0.29) is 23.2 Å². The van der Waals surface area contributed by atoms with Crippen LogP contribution in [-0.2, 0) is 6.54 Å². The number of hydrogen-bond acceptors (Lipinski definition) is 2. The van der Waals surface area contributed by atoms with Gasteiger partial charge in [-0.3, -0.25) is 14.5 Å². The summed E-state index contributed by atoms with van der Waals surface area (Å²) < 4.78 is 28.0. The standard InChI is InChI=1S/C15H8BrF2NO2/c16-9-5-4-8(12(18)6-9)7-19-14(20)10-2-1-3-11(17)13(10)15(19)21/h1-6H,7H2. The number of carbonyl (C=O) groups is 2. The highest BCUT2D eigenvalue weighted by Crippen LogP contribution is 2.27. The molecule has 0 radical (unpaired) electrons. The van der Waals surface area contributed by atoms with E-state index in [0.29, 0.717) is 4.47 Å². The van der Waals surface area contributed by atoms with Crippen molar-refractivity contribution in [3.05, 3.63) is 69.2 Å². The van der Waals surface area contributed by atoms with Crippen LogP contribution in [0.15, 0.2) is 40.9 Å². The number of halogens is 3. The number of rotatable bonds is 2. The molecule has 1 aliphatic rings. The normalized spacial score (nSPS) is 13.8. The number of fused-ring (bicyclic) bond motifs is 1. The Balaban J connectivity index is 1.97. The van der Waals surface area contributed by atoms with Crippen molar-refractivity contribution in [3.63, 3.8) is 0 Å². The Bertz CT molecular complexity index is 776. The molecule has 1 heterocycles. The van der Waals surface area contributed by atoms with E-state index in [4.69, 9.17) is 0 Å². The molecule has 0 N–H and O–H groups in total. The molecule has 2 aromatic carbocycles. The topological polar surface area (TPSA) is 37.4 Å². The molecule has 1 aliphatic heterocycles. The van der Waals surface area contributed by atoms with Gasteiger partial charge in [-0.2, -0.15) is 0 Å². The third-order valence-electron chi connectivity index (χ3n) is 3.29. The molecule has 3 rings (SSSR count). The largest absolute Gasteiger partial charge is 0.270 e. The van der Waals surface area contributed by atoms with Gasteiger partial charge in [-0.25, -0.2) is 8.78 Å². The second kappa shape index (κ2) is 5.04. The van der Waals surface area contributed by atoms with E-state index >= 15 is 0 Å². The lowest BCUT2D eigenvalue weighted by molar-refractivity contribution is 0.0639. The zero-order chi connectivity index (χ0) is 15.1. The molecule has 0 unspecified atom stereocenters. The van der Waals surface area contributed by atoms with Crippen LogP contribution in [0.4, 0.5) is 8.78 Å². The fraction of sp³-hybridized carbons (Fsp3) is 0.0667. The molecule has 2 amide bonds. The van der Waals surface area contributed by atoms with Crippen LogP contribution in [0.25, 0.3) is 0 Å². The molecule has 0 saturated heterocycles. The molecular weight excluding hydrogens is 344 g/mol. The van der Waals surface area contributed by atoms with E-state index in [1.165, 1.54) is 24.3 Å². The van der Waals surface area contributed by atoms with Crippen LogP contribution in [-0.4, -0.2) is 16.7 Å². The number of amides is 2. The summed E-state index contributed by atoms with van der Waals surface area (Å²) in [5.41, 5.74) is -0.0503. The minimum atomic E-state index is -0.746. The first-order chi connectivity index (χ1) is 9.99. The monoisotopic (exact) mass is 351 g/mol. The predicted octanol–water partition coefficient (Wildman–Crippen LogP) is 3.52. The quantitative estimate of drug-likeness (QED) is 0.776. The maximum absolute atomic E-state index is 13.8. The molecule has 0 aromatic heterocycles. The highest BCUT2D eigenvalue weighted by molar-refractivity contribution is 9.10. The van der Waals surface area contributed by atoms with Gasteiger partial charge in [-0.15, -0.1) is 0 Å². The van der Waals surface area contributed by atoms with Gasteiger partial charge in [0.05, 0.1) is 17.7 Å². The van der Waals surface area contributed by atoms with E-state index in [9.17, 15) is 18.4 Å². The molecule has 0 aliphatic carbocycles. The molecule has 21 heavy (non-hydrogen) atoms. The fourth-order valence-corrected chi connectivity index (χ4v) is 2.59. The van der Waals surface area contributed by atoms with E-state index < -0.39 is 23.4 Å². The zero-order valence-electron chi connectivity index (χ0n) is 10.6. The summed E-state index contributed by atoms with van der Waals surface area (Å²) in [6, 6.07) is 8.19. The van der Waals surface area contributed by atoms with Crippen LogP contribution in [0, 0.1) is 11.6 Å². The third kappa shape index (κ3) is 2.25. The summed E-state index contributed by atoms with van der Waals surface area (Å²) in [7, 11) is 0. The lowest BCUT2D eigenvalue weighted by Gasteiger charge is -2.14. The minimum absolute atomic E-state index is 0.0116. The second-order valence-electron chi connectivity index (χ2n) is 4.59. The molecule has 0 saturated carbocycles. The maximum atomic E-state index is 13.8. The number of carbonyl (C=O) groups excluding carboxylic acids is 2. The number of nitrogens with zero attached hydrogens (tertiary/aromatic N) is 1. The summed E-state index contributed by atoms with van der Waals surface area (Å²) in [6.45, 7) is -0.231. The number of hydrogen-bond donors (Lipinski definition) is 0. The Kier molecular flexibility index (Phi) is 3.33. The Labute approximate surface area is 127 Å². The lowest BCUT2D eigenvalue weighted by Crippen LogP contribution is -2.29. The van der Waals surface area contributed by atoms with Gasteiger partial charge in [0.1, 0.15) is 11.6 Å². The average molecular weight is 352 g/mol. The van der Waals surface area contributed by atoms with E-state index in [1.807, 2.05) is 0 Å². The van der Waals surface area contributed by atoms with Crippen molar-refractivity contribution in [3.8, 4) is 0 Å². The van der Waals surface area contributed by atoms with Crippen LogP contribution in [0.3, 0.4) is 0 Å². The van der Waals surface area contributed by atoms with Crippen molar-refractivity contribution < 1.29 is 18.4 Å². The summed E-state index contributed by atoms with van der Waals surface area (Å²) in [6.07, 6.45) is 0. The number of benzene rings is 2. The maximum Gasteiger partial charge on any atom is 0.264 e. The molecular formula is C15H8BrF2NO2. The molecule has 3 nitrogen and oxygen atoms in total. The van der Waals surface area contributed by atoms with Crippen molar-refractivity contribution in [2.75, 3.05) is 0 Å². The van der Waals surface area contributed by atoms with Crippen molar-refractivity contribution >= 4 is 27.7 Å². The number of imide groups is 1. The molecule has 0 spiro atoms. The second-order valence-corrected chi connectivity index (χ2v) is 5.51. The molecule has 2 aromatic rings. The van der Waals surface area contributed by atoms with Crippen LogP contribution < -0.4 is 0 Å². The zero-order valence-corrected chi connectivity index (χ0v) is 12.2. The molecule has 106 valence electrons. The van der Waals surface area contributed by atoms with Gasteiger partial charge in [0.15, 0.2) is 0 Å². The van der Waals surface area contributed by atoms with Crippen molar-refractivity contribution in [1.29, 1.82) is 0 Å². The van der Waals surface area contributed by atoms with Gasteiger partial charge < -0.3 is 0 Å². The van der Waals surface area contributed by atoms with E-state index in [0.717, 1.165) is 11.0 Å².